The van der Waals surface area contributed by atoms with Crippen LogP contribution in [0.2, 0.25) is 0 Å². The fourth-order valence-corrected chi connectivity index (χ4v) is 14.2. The van der Waals surface area contributed by atoms with Gasteiger partial charge in [-0.2, -0.15) is 0 Å². The van der Waals surface area contributed by atoms with Crippen LogP contribution in [0, 0.1) is 5.92 Å². The maximum Gasteiger partial charge on any atom is 0.410 e. The molecule has 2 aromatic rings. The summed E-state index contributed by atoms with van der Waals surface area (Å²) < 4.78 is 76.9. The van der Waals surface area contributed by atoms with E-state index in [2.05, 4.69) is 44.5 Å². The number of rotatable bonds is 20. The largest absolute Gasteiger partial charge is 0.445 e. The third kappa shape index (κ3) is 20.3. The van der Waals surface area contributed by atoms with Crippen molar-refractivity contribution in [2.75, 3.05) is 33.9 Å². The molecular weight excluding hydrogens is 1390 g/mol. The molecule has 11 rings (SSSR count). The molecule has 6 radical (unpaired) electrons. The van der Waals surface area contributed by atoms with Crippen LogP contribution in [0.5, 0.6) is 0 Å². The van der Waals surface area contributed by atoms with E-state index < -0.39 is 252 Å². The number of aliphatic hydroxyl groups is 11. The monoisotopic (exact) mass is 1490 g/mol. The highest BCUT2D eigenvalue weighted by Gasteiger charge is 2.62. The lowest BCUT2D eigenvalue weighted by atomic mass is 9.08. The van der Waals surface area contributed by atoms with Gasteiger partial charge in [0, 0.05) is 67.6 Å². The molecule has 105 heavy (non-hydrogen) atoms. The van der Waals surface area contributed by atoms with Crippen LogP contribution in [0.3, 0.4) is 0 Å². The van der Waals surface area contributed by atoms with Gasteiger partial charge >= 0.3 is 18.3 Å². The topological polar surface area (TPSA) is 592 Å². The molecule has 25 N–H and O–H groups in total. The average molecular weight is 1490 g/mol. The second-order valence-corrected chi connectivity index (χ2v) is 27.5. The lowest BCUT2D eigenvalue weighted by Gasteiger charge is -2.51. The first-order valence-electron chi connectivity index (χ1n) is 34.7. The van der Waals surface area contributed by atoms with Gasteiger partial charge in [0.05, 0.1) is 67.8 Å². The third-order valence-corrected chi connectivity index (χ3v) is 19.9. The molecule has 38 nitrogen and oxygen atoms in total. The number of hydrogen-bond acceptors (Lipinski definition) is 34. The van der Waals surface area contributed by atoms with Crippen LogP contribution < -0.4 is 49.9 Å². The summed E-state index contributed by atoms with van der Waals surface area (Å²) in [6, 6.07) is 9.49. The highest BCUT2D eigenvalue weighted by molar-refractivity contribution is 7.49. The molecule has 9 fully saturated rings. The van der Waals surface area contributed by atoms with E-state index in [4.69, 9.17) is 90.2 Å². The number of carbonyl (C=O) groups is 4. The lowest BCUT2D eigenvalue weighted by molar-refractivity contribution is -0.375. The van der Waals surface area contributed by atoms with Crippen molar-refractivity contribution in [3.05, 3.63) is 71.8 Å². The molecular formula is C63H98B4N10O28. The standard InChI is InChI=1S/C39H52N4O16.C24H46N6O12.B4/c1-18-13-23-32(33-26(43(2)39(51)58-33)35(54-23)59-36-30(48)28(46)25(40)24(15-44)55-36)57-34(18)56-31-22(42-38(50)53-17-20-11-7-4-8-12-20)14-21(27(45)29(31)47)41-37(49)52-16-19-9-5-3-6-10-19;1-29-14-17(35)21-10(5-9(28)22(41-21)40-20-8(27)4-7(26)15(33)18(20)36)38-23(14)42-24-19(37)16(34)13(11(6-31)39-24)30-12(32)2-3-25;1-4(2)3/h3-12,18,21-36,44-48H,13-17,40H2,1-2H3,(H,41,49)(H,42,50);7-11,13-24,29,31,33-37H,2-6,25-28H2,1H3,(H,30,32);/t18-,21+,22?,23-,24?,25+,26?,27?,28-,29+,30?,31+,32?,33?,34-,35?,36+;7-,8?,9+,10+,11?,13-,14?,15?,16+,17?,18-,19?,20-,21?,22+,23?,24-;/m01./s1. The first-order chi connectivity index (χ1) is 50.0. The quantitative estimate of drug-likeness (QED) is 0.0432. The predicted octanol–water partition coefficient (Wildman–Crippen LogP) is -9.80. The number of aliphatic hydroxyl groups excluding tert-OH is 11. The Morgan fingerprint density at radius 1 is 0.543 bits per heavy atom. The van der Waals surface area contributed by atoms with E-state index in [9.17, 15) is 75.3 Å². The van der Waals surface area contributed by atoms with Crippen molar-refractivity contribution in [1.82, 2.24) is 26.2 Å². The second kappa shape index (κ2) is 38.0. The Bertz CT molecular complexity index is 3060. The molecule has 7 heterocycles. The van der Waals surface area contributed by atoms with Gasteiger partial charge in [0.25, 0.3) is 0 Å². The summed E-state index contributed by atoms with van der Waals surface area (Å²) >= 11 is 0. The number of fused-ring (bicyclic) bond motifs is 4. The van der Waals surface area contributed by atoms with Crippen molar-refractivity contribution in [3.8, 4) is 0 Å². The molecule has 42 heteroatoms. The molecule has 16 unspecified atom stereocenters. The zero-order valence-electron chi connectivity index (χ0n) is 58.0. The van der Waals surface area contributed by atoms with Crippen LogP contribution in [-0.2, 0) is 79.6 Å². The zero-order valence-corrected chi connectivity index (χ0v) is 58.0. The maximum atomic E-state index is 13.2. The zero-order chi connectivity index (χ0) is 76.4. The van der Waals surface area contributed by atoms with Gasteiger partial charge in [0.15, 0.2) is 43.8 Å². The van der Waals surface area contributed by atoms with Crippen molar-refractivity contribution >= 4 is 53.8 Å². The summed E-state index contributed by atoms with van der Waals surface area (Å²) in [4.78, 5) is 52.2. The number of ether oxygens (including phenoxy) is 13. The molecule has 4 amide bonds. The number of likely N-dealkylation sites (N-methyl/N-ethyl adjacent to an activating group) is 2. The van der Waals surface area contributed by atoms with Gasteiger partial charge in [-0.25, -0.2) is 14.4 Å². The number of alkyl carbamates (subject to hydrolysis) is 2. The number of carbonyl (C=O) groups excluding carboxylic acids is 4. The van der Waals surface area contributed by atoms with Gasteiger partial charge in [-0.05, 0) is 43.9 Å². The molecule has 580 valence electrons. The van der Waals surface area contributed by atoms with Gasteiger partial charge in [-0.3, -0.25) is 9.69 Å². The van der Waals surface area contributed by atoms with Crippen LogP contribution in [0.1, 0.15) is 50.2 Å². The van der Waals surface area contributed by atoms with E-state index in [0.717, 1.165) is 11.1 Å². The number of nitrogens with one attached hydrogen (secondary N) is 4. The molecule has 7 saturated heterocycles. The number of nitrogens with two attached hydrogens (primary N) is 5. The number of benzene rings is 2. The Morgan fingerprint density at radius 3 is 1.67 bits per heavy atom. The summed E-state index contributed by atoms with van der Waals surface area (Å²) in [6.45, 7) is 0.578. The van der Waals surface area contributed by atoms with Crippen molar-refractivity contribution < 1.29 is 137 Å². The number of amides is 4. The minimum absolute atomic E-state index is 0.0299. The molecule has 34 atom stereocenters. The first-order valence-corrected chi connectivity index (χ1v) is 34.7. The minimum atomic E-state index is -1.67. The van der Waals surface area contributed by atoms with Gasteiger partial charge in [0.2, 0.25) is 5.91 Å². The molecule has 2 aromatic carbocycles. The van der Waals surface area contributed by atoms with Crippen LogP contribution in [0.15, 0.2) is 60.7 Å². The van der Waals surface area contributed by atoms with Crippen molar-refractivity contribution in [2.24, 2.45) is 34.6 Å². The SMILES string of the molecule is CNC1C(O[C@H]2OC(CO)[C@@H](NC(=O)CCN)[C@H](O)C2O)O[C@H]2C[C@H](N)[C@@H](O[C@@H]3C(N)C[C@@H](N)C(O)[C@H]3O)OC2C1O.C[C@H]1C[C@@H]2OC(O[C@H]3OC(CO)[C@@H](N)[C@H](O)C3O)C3C(OC(=O)N3C)C2O[C@@H]1O[C@@H]1C(NC(=O)OCc2ccccc2)C[C@@H](NC(=O)OCc2ccccc2)C(O)[C@H]1O.[B]B([B])[B]. The third-order valence-electron chi connectivity index (χ3n) is 19.9. The van der Waals surface area contributed by atoms with Crippen LogP contribution in [0.4, 0.5) is 14.4 Å². The Labute approximate surface area is 609 Å². The Hall–Kier alpha value is -5.10. The van der Waals surface area contributed by atoms with E-state index in [-0.39, 0.29) is 51.9 Å². The minimum Gasteiger partial charge on any atom is -0.445 e. The highest BCUT2D eigenvalue weighted by Crippen LogP contribution is 2.43. The molecule has 0 bridgehead atoms. The Kier molecular flexibility index (Phi) is 30.4. The smallest absolute Gasteiger partial charge is 0.410 e. The number of hydrogen-bond donors (Lipinski definition) is 20. The molecule has 0 aromatic heterocycles. The van der Waals surface area contributed by atoms with Gasteiger partial charge in [0.1, 0.15) is 105 Å². The molecule has 7 aliphatic heterocycles. The van der Waals surface area contributed by atoms with Crippen LogP contribution in [0.25, 0.3) is 0 Å². The van der Waals surface area contributed by atoms with Crippen LogP contribution in [-0.4, -0.2) is 351 Å². The highest BCUT2D eigenvalue weighted by atomic mass is 16.8. The van der Waals surface area contributed by atoms with Crippen molar-refractivity contribution in [2.45, 2.75) is 254 Å². The molecule has 0 spiro atoms. The Balaban J connectivity index is 0.000000244. The van der Waals surface area contributed by atoms with Crippen molar-refractivity contribution in [3.63, 3.8) is 0 Å². The van der Waals surface area contributed by atoms with E-state index in [1.165, 1.54) is 19.0 Å². The fourth-order valence-electron chi connectivity index (χ4n) is 14.2. The second-order valence-electron chi connectivity index (χ2n) is 27.5. The summed E-state index contributed by atoms with van der Waals surface area (Å²) in [7, 11) is 17.0. The summed E-state index contributed by atoms with van der Waals surface area (Å²) in [5.41, 5.74) is 31.0. The lowest BCUT2D eigenvalue weighted by Crippen LogP contribution is -2.70. The molecule has 2 aliphatic carbocycles. The van der Waals surface area contributed by atoms with Crippen LogP contribution >= 0.6 is 0 Å². The van der Waals surface area contributed by atoms with Gasteiger partial charge < -0.3 is 168 Å². The van der Waals surface area contributed by atoms with E-state index in [1.54, 1.807) is 55.5 Å². The molecule has 9 aliphatic rings. The summed E-state index contributed by atoms with van der Waals surface area (Å²) in [5.74, 6) is -0.969. The van der Waals surface area contributed by atoms with Gasteiger partial charge in [-0.1, -0.05) is 67.6 Å². The van der Waals surface area contributed by atoms with E-state index in [1.807, 2.05) is 12.1 Å². The fraction of sp³-hybridized carbons (Fsp3) is 0.746. The van der Waals surface area contributed by atoms with Gasteiger partial charge in [-0.15, -0.1) is 0 Å². The van der Waals surface area contributed by atoms with E-state index in [0.29, 0.717) is 0 Å². The number of nitrogens with zero attached hydrogens (tertiary/aromatic N) is 1. The maximum absolute atomic E-state index is 13.2. The predicted molar refractivity (Wildman–Crippen MR) is 362 cm³/mol. The molecule has 2 saturated carbocycles. The normalized spacial score (nSPS) is 42.2. The first kappa shape index (κ1) is 83.9. The van der Waals surface area contributed by atoms with Crippen molar-refractivity contribution in [1.29, 1.82) is 0 Å². The Morgan fingerprint density at radius 2 is 1.08 bits per heavy atom. The summed E-state index contributed by atoms with van der Waals surface area (Å²) in [5, 5.41) is 128. The summed E-state index contributed by atoms with van der Waals surface area (Å²) in [6.07, 6.45) is -32.9. The van der Waals surface area contributed by atoms with E-state index >= 15 is 0 Å². The average Bonchev–Trinajstić information content (AvgIpc) is 1.60.